The van der Waals surface area contributed by atoms with Gasteiger partial charge in [-0.15, -0.1) is 0 Å². The lowest BCUT2D eigenvalue weighted by molar-refractivity contribution is -0.144. The van der Waals surface area contributed by atoms with Gasteiger partial charge in [0.25, 0.3) is 0 Å². The van der Waals surface area contributed by atoms with Gasteiger partial charge in [0, 0.05) is 6.54 Å². The molecule has 3 nitrogen and oxygen atoms in total. The predicted molar refractivity (Wildman–Crippen MR) is 38.4 cm³/mol. The zero-order chi connectivity index (χ0) is 7.98. The Morgan fingerprint density at radius 1 is 1.60 bits per heavy atom. The van der Waals surface area contributed by atoms with Gasteiger partial charge in [-0.25, -0.2) is 0 Å². The van der Waals surface area contributed by atoms with Crippen LogP contribution in [0, 0.1) is 5.92 Å². The van der Waals surface area contributed by atoms with Crippen molar-refractivity contribution in [1.82, 2.24) is 5.73 Å². The third kappa shape index (κ3) is 5.56. The zero-order valence-electron chi connectivity index (χ0n) is 6.52. The van der Waals surface area contributed by atoms with E-state index in [2.05, 4.69) is 0 Å². The smallest absolute Gasteiger partial charge is 0.307 e. The van der Waals surface area contributed by atoms with E-state index < -0.39 is 0 Å². The Bertz CT molecular complexity index is 102. The molecular weight excluding hydrogens is 130 g/mol. The van der Waals surface area contributed by atoms with E-state index in [1.165, 1.54) is 0 Å². The largest absolute Gasteiger partial charge is 0.465 e. The van der Waals surface area contributed by atoms with Crippen LogP contribution >= 0.6 is 0 Å². The molecule has 0 saturated carbocycles. The van der Waals surface area contributed by atoms with E-state index in [0.29, 0.717) is 12.5 Å². The van der Waals surface area contributed by atoms with Crippen molar-refractivity contribution in [2.75, 3.05) is 13.2 Å². The van der Waals surface area contributed by atoms with Crippen LogP contribution in [0.1, 0.15) is 20.3 Å². The fraction of sp³-hybridized carbons (Fsp3) is 0.857. The molecule has 0 bridgehead atoms. The molecule has 0 aromatic heterocycles. The van der Waals surface area contributed by atoms with Gasteiger partial charge in [-0.3, -0.25) is 10.5 Å². The fourth-order valence-corrected chi connectivity index (χ4v) is 0.434. The van der Waals surface area contributed by atoms with Crippen molar-refractivity contribution >= 4 is 5.97 Å². The van der Waals surface area contributed by atoms with E-state index in [1.54, 1.807) is 0 Å². The molecule has 59 valence electrons. The summed E-state index contributed by atoms with van der Waals surface area (Å²) >= 11 is 0. The first kappa shape index (κ1) is 9.43. The van der Waals surface area contributed by atoms with Gasteiger partial charge in [0.1, 0.15) is 0 Å². The van der Waals surface area contributed by atoms with Crippen LogP contribution in [0.25, 0.3) is 0 Å². The number of hydrogen-bond donors (Lipinski definition) is 0. The first-order valence-corrected chi connectivity index (χ1v) is 3.47. The van der Waals surface area contributed by atoms with Crippen molar-refractivity contribution in [1.29, 1.82) is 0 Å². The molecule has 0 aromatic carbocycles. The van der Waals surface area contributed by atoms with Crippen molar-refractivity contribution in [2.45, 2.75) is 20.3 Å². The van der Waals surface area contributed by atoms with Crippen LogP contribution in [0.4, 0.5) is 0 Å². The topological polar surface area (TPSA) is 50.1 Å². The Morgan fingerprint density at radius 3 is 2.60 bits per heavy atom. The van der Waals surface area contributed by atoms with Crippen LogP contribution in [-0.4, -0.2) is 19.1 Å². The molecular formula is C7H14NO2. The highest BCUT2D eigenvalue weighted by atomic mass is 16.5. The van der Waals surface area contributed by atoms with Gasteiger partial charge in [-0.1, -0.05) is 13.8 Å². The van der Waals surface area contributed by atoms with Crippen molar-refractivity contribution < 1.29 is 9.53 Å². The van der Waals surface area contributed by atoms with Crippen LogP contribution in [0.15, 0.2) is 0 Å². The summed E-state index contributed by atoms with van der Waals surface area (Å²) in [4.78, 5) is 10.6. The van der Waals surface area contributed by atoms with Crippen LogP contribution in [0.2, 0.25) is 0 Å². The van der Waals surface area contributed by atoms with E-state index in [0.717, 1.165) is 0 Å². The Kier molecular flexibility index (Phi) is 4.94. The number of carbonyl (C=O) groups excluding carboxylic acids is 1. The lowest BCUT2D eigenvalue weighted by Crippen LogP contribution is -2.11. The molecule has 0 aliphatic rings. The second-order valence-corrected chi connectivity index (χ2v) is 2.58. The summed E-state index contributed by atoms with van der Waals surface area (Å²) in [6, 6.07) is 0. The molecule has 0 fully saturated rings. The maximum Gasteiger partial charge on any atom is 0.307 e. The molecule has 10 heavy (non-hydrogen) atoms. The molecule has 0 amide bonds. The Hall–Kier alpha value is -0.570. The van der Waals surface area contributed by atoms with E-state index in [4.69, 9.17) is 10.5 Å². The third-order valence-electron chi connectivity index (χ3n) is 0.907. The zero-order valence-corrected chi connectivity index (χ0v) is 6.52. The Labute approximate surface area is 61.5 Å². The van der Waals surface area contributed by atoms with Crippen molar-refractivity contribution in [2.24, 2.45) is 5.92 Å². The van der Waals surface area contributed by atoms with Gasteiger partial charge < -0.3 is 4.74 Å². The molecule has 0 spiro atoms. The molecule has 0 aliphatic heterocycles. The maximum atomic E-state index is 10.6. The number of nitrogens with one attached hydrogen (secondary N) is 1. The summed E-state index contributed by atoms with van der Waals surface area (Å²) < 4.78 is 4.78. The summed E-state index contributed by atoms with van der Waals surface area (Å²) in [5, 5.41) is 0. The average Bonchev–Trinajstić information content (AvgIpc) is 1.85. The lowest BCUT2D eigenvalue weighted by Gasteiger charge is -2.05. The predicted octanol–water partition coefficient (Wildman–Crippen LogP) is 0.859. The lowest BCUT2D eigenvalue weighted by atomic mass is 10.2. The monoisotopic (exact) mass is 144 g/mol. The van der Waals surface area contributed by atoms with Crippen LogP contribution in [-0.2, 0) is 9.53 Å². The van der Waals surface area contributed by atoms with Gasteiger partial charge in [0.15, 0.2) is 0 Å². The van der Waals surface area contributed by atoms with Gasteiger partial charge in [0.2, 0.25) is 0 Å². The molecule has 0 aromatic rings. The Balaban J connectivity index is 3.22. The van der Waals surface area contributed by atoms with Crippen molar-refractivity contribution in [3.8, 4) is 0 Å². The SMILES string of the molecule is CC(C)COC(=O)CC[NH]. The maximum absolute atomic E-state index is 10.6. The van der Waals surface area contributed by atoms with Crippen molar-refractivity contribution in [3.05, 3.63) is 0 Å². The number of carbonyl (C=O) groups is 1. The number of esters is 1. The standard InChI is InChI=1S/C7H14NO2/c1-6(2)5-10-7(9)3-4-8/h6,8H,3-5H2,1-2H3. The highest BCUT2D eigenvalue weighted by Gasteiger charge is 2.01. The third-order valence-corrected chi connectivity index (χ3v) is 0.907. The highest BCUT2D eigenvalue weighted by molar-refractivity contribution is 5.69. The van der Waals surface area contributed by atoms with E-state index >= 15 is 0 Å². The van der Waals surface area contributed by atoms with Crippen LogP contribution in [0.5, 0.6) is 0 Å². The van der Waals surface area contributed by atoms with Gasteiger partial charge in [-0.2, -0.15) is 0 Å². The highest BCUT2D eigenvalue weighted by Crippen LogP contribution is 1.93. The Morgan fingerprint density at radius 2 is 2.20 bits per heavy atom. The average molecular weight is 144 g/mol. The number of hydrogen-bond acceptors (Lipinski definition) is 2. The molecule has 0 rings (SSSR count). The second kappa shape index (κ2) is 5.23. The molecule has 0 atom stereocenters. The van der Waals surface area contributed by atoms with E-state index in [9.17, 15) is 4.79 Å². The number of rotatable bonds is 4. The molecule has 0 unspecified atom stereocenters. The summed E-state index contributed by atoms with van der Waals surface area (Å²) in [5.74, 6) is 0.124. The molecule has 0 saturated heterocycles. The van der Waals surface area contributed by atoms with E-state index in [-0.39, 0.29) is 18.9 Å². The normalized spacial score (nSPS) is 10.0. The minimum atomic E-state index is -0.260. The first-order valence-electron chi connectivity index (χ1n) is 3.47. The first-order chi connectivity index (χ1) is 4.66. The summed E-state index contributed by atoms with van der Waals surface area (Å²) in [6.07, 6.45) is 0.215. The summed E-state index contributed by atoms with van der Waals surface area (Å²) in [7, 11) is 0. The van der Waals surface area contributed by atoms with Crippen molar-refractivity contribution in [3.63, 3.8) is 0 Å². The molecule has 0 heterocycles. The fourth-order valence-electron chi connectivity index (χ4n) is 0.434. The van der Waals surface area contributed by atoms with Crippen LogP contribution < -0.4 is 5.73 Å². The molecule has 1 N–H and O–H groups in total. The van der Waals surface area contributed by atoms with E-state index in [1.807, 2.05) is 13.8 Å². The number of ether oxygens (including phenoxy) is 1. The van der Waals surface area contributed by atoms with Gasteiger partial charge >= 0.3 is 5.97 Å². The quantitative estimate of drug-likeness (QED) is 0.549. The van der Waals surface area contributed by atoms with Gasteiger partial charge in [-0.05, 0) is 5.92 Å². The minimum Gasteiger partial charge on any atom is -0.465 e. The summed E-state index contributed by atoms with van der Waals surface area (Å²) in [6.45, 7) is 4.55. The molecule has 3 heteroatoms. The minimum absolute atomic E-state index is 0.122. The summed E-state index contributed by atoms with van der Waals surface area (Å²) in [5.41, 5.74) is 6.72. The molecule has 1 radical (unpaired) electrons. The second-order valence-electron chi connectivity index (χ2n) is 2.58. The van der Waals surface area contributed by atoms with Crippen LogP contribution in [0.3, 0.4) is 0 Å². The molecule has 0 aliphatic carbocycles. The van der Waals surface area contributed by atoms with Gasteiger partial charge in [0.05, 0.1) is 13.0 Å².